The monoisotopic (exact) mass is 790 g/mol. The number of carbonyl (C=O) groups is 4. The highest BCUT2D eigenvalue weighted by atomic mass is 35.5. The molecule has 0 bridgehead atoms. The van der Waals surface area contributed by atoms with Crippen molar-refractivity contribution in [3.8, 4) is 11.5 Å². The molecule has 20 heteroatoms. The van der Waals surface area contributed by atoms with E-state index in [1.165, 1.54) is 37.7 Å². The number of rotatable bonds is 12. The fourth-order valence-corrected chi connectivity index (χ4v) is 9.13. The van der Waals surface area contributed by atoms with Gasteiger partial charge in [-0.25, -0.2) is 14.6 Å². The van der Waals surface area contributed by atoms with Gasteiger partial charge in [0.15, 0.2) is 27.8 Å². The molecule has 282 valence electrons. The van der Waals surface area contributed by atoms with Crippen LogP contribution in [0.5, 0.6) is 11.5 Å². The number of phenolic OH excluding ortho intramolecular Hbond substituents is 2. The topological polar surface area (TPSA) is 247 Å². The quantitative estimate of drug-likeness (QED) is 0.0508. The number of likely N-dealkylation sites (tertiary alicyclic amines) is 1. The summed E-state index contributed by atoms with van der Waals surface area (Å²) in [7, 11) is 0. The number of nitrogens with zero attached hydrogens (tertiary/aromatic N) is 5. The maximum atomic E-state index is 13.7. The van der Waals surface area contributed by atoms with Crippen molar-refractivity contribution in [2.45, 2.75) is 63.7 Å². The molecule has 0 saturated carbocycles. The fourth-order valence-electron chi connectivity index (χ4n) is 6.86. The predicted molar refractivity (Wildman–Crippen MR) is 196 cm³/mol. The van der Waals surface area contributed by atoms with Crippen LogP contribution in [-0.2, 0) is 37.1 Å². The number of carboxylic acid groups (broad SMARTS) is 2. The number of carboxylic acids is 2. The summed E-state index contributed by atoms with van der Waals surface area (Å²) >= 11 is 8.35. The molecule has 2 fully saturated rings. The molecule has 0 spiro atoms. The lowest BCUT2D eigenvalue weighted by Crippen LogP contribution is -2.71. The number of nitrogens with one attached hydrogen (secondary N) is 1. The predicted octanol–water partition coefficient (Wildman–Crippen LogP) is 2.26. The second-order valence-corrected chi connectivity index (χ2v) is 16.3. The van der Waals surface area contributed by atoms with Gasteiger partial charge < -0.3 is 45.4 Å². The van der Waals surface area contributed by atoms with E-state index < -0.39 is 52.2 Å². The highest BCUT2D eigenvalue weighted by molar-refractivity contribution is 8.00. The first-order valence-electron chi connectivity index (χ1n) is 16.5. The smallest absolute Gasteiger partial charge is 0.352 e. The number of hydrogen-bond donors (Lipinski definition) is 6. The molecule has 6 rings (SSSR count). The van der Waals surface area contributed by atoms with Crippen molar-refractivity contribution in [2.75, 3.05) is 31.1 Å². The Bertz CT molecular complexity index is 2180. The fraction of sp³-hybridized carbons (Fsp3) is 0.424. The summed E-state index contributed by atoms with van der Waals surface area (Å²) in [5, 5.41) is 45.9. The number of anilines is 1. The van der Waals surface area contributed by atoms with Crippen LogP contribution in [0.2, 0.25) is 4.34 Å². The van der Waals surface area contributed by atoms with Gasteiger partial charge in [0.1, 0.15) is 40.2 Å². The van der Waals surface area contributed by atoms with Crippen molar-refractivity contribution >= 4 is 80.2 Å². The summed E-state index contributed by atoms with van der Waals surface area (Å²) in [5.74, 6) is -4.86. The van der Waals surface area contributed by atoms with E-state index in [-0.39, 0.29) is 56.3 Å². The van der Waals surface area contributed by atoms with Crippen LogP contribution in [0, 0.1) is 0 Å². The van der Waals surface area contributed by atoms with Gasteiger partial charge in [-0.05, 0) is 26.8 Å². The molecule has 1 aromatic carbocycles. The molecule has 1 unspecified atom stereocenters. The zero-order chi connectivity index (χ0) is 38.6. The van der Waals surface area contributed by atoms with Gasteiger partial charge in [0.25, 0.3) is 11.8 Å². The van der Waals surface area contributed by atoms with E-state index in [1.54, 1.807) is 6.20 Å². The molecule has 2 saturated heterocycles. The lowest BCUT2D eigenvalue weighted by Gasteiger charge is -2.50. The van der Waals surface area contributed by atoms with E-state index in [4.69, 9.17) is 22.2 Å². The van der Waals surface area contributed by atoms with Crippen molar-refractivity contribution in [2.24, 2.45) is 5.16 Å². The van der Waals surface area contributed by atoms with Gasteiger partial charge in [-0.3, -0.25) is 19.3 Å². The number of oxime groups is 1. The maximum Gasteiger partial charge on any atom is 0.352 e. The number of β-lactam (4-membered cyclic amide) rings is 1. The number of carbonyl (C=O) groups excluding carboxylic acids is 2. The Hall–Kier alpha value is -4.85. The van der Waals surface area contributed by atoms with Crippen molar-refractivity contribution in [3.63, 3.8) is 0 Å². The van der Waals surface area contributed by atoms with E-state index in [0.717, 1.165) is 29.1 Å². The molecule has 0 aliphatic carbocycles. The molecular formula is C33H37ClN7O10S2+. The second-order valence-electron chi connectivity index (χ2n) is 13.6. The number of halogens is 1. The minimum absolute atomic E-state index is 0.00448. The number of quaternary nitrogens is 1. The molecule has 3 aliphatic rings. The van der Waals surface area contributed by atoms with Crippen LogP contribution < -0.4 is 16.5 Å². The summed E-state index contributed by atoms with van der Waals surface area (Å²) in [6.07, 6.45) is 3.43. The Morgan fingerprint density at radius 3 is 2.43 bits per heavy atom. The van der Waals surface area contributed by atoms with Gasteiger partial charge >= 0.3 is 11.9 Å². The number of hydrogen-bond acceptors (Lipinski definition) is 13. The Morgan fingerprint density at radius 1 is 1.15 bits per heavy atom. The van der Waals surface area contributed by atoms with Gasteiger partial charge in [-0.2, -0.15) is 0 Å². The number of amides is 2. The molecule has 7 N–H and O–H groups in total. The summed E-state index contributed by atoms with van der Waals surface area (Å²) in [6, 6.07) is 1.43. The van der Waals surface area contributed by atoms with Gasteiger partial charge in [0.05, 0.1) is 29.6 Å². The van der Waals surface area contributed by atoms with Crippen LogP contribution in [-0.4, -0.2) is 111 Å². The molecule has 53 heavy (non-hydrogen) atoms. The van der Waals surface area contributed by atoms with Crippen molar-refractivity contribution in [1.29, 1.82) is 0 Å². The van der Waals surface area contributed by atoms with E-state index in [1.807, 2.05) is 11.5 Å². The molecule has 2 atom stereocenters. The Kier molecular flexibility index (Phi) is 10.1. The number of benzene rings is 1. The summed E-state index contributed by atoms with van der Waals surface area (Å²) in [5.41, 5.74) is 4.17. The summed E-state index contributed by atoms with van der Waals surface area (Å²) in [4.78, 5) is 75.6. The lowest BCUT2D eigenvalue weighted by atomic mass is 10.0. The number of aromatic hydroxyl groups is 2. The number of pyridine rings is 1. The second kappa shape index (κ2) is 14.2. The number of thioether (sulfide) groups is 1. The highest BCUT2D eigenvalue weighted by Gasteiger charge is 2.55. The normalized spacial score (nSPS) is 20.0. The number of aromatic nitrogens is 2. The molecule has 3 aromatic rings. The first-order chi connectivity index (χ1) is 25.0. The minimum atomic E-state index is -1.84. The van der Waals surface area contributed by atoms with Crippen LogP contribution in [0.4, 0.5) is 5.13 Å². The third-order valence-corrected chi connectivity index (χ3v) is 12.0. The minimum Gasteiger partial charge on any atom is -0.504 e. The van der Waals surface area contributed by atoms with Gasteiger partial charge in [-0.15, -0.1) is 11.8 Å². The van der Waals surface area contributed by atoms with Crippen LogP contribution in [0.3, 0.4) is 0 Å². The number of thiazole rings is 1. The molecule has 17 nitrogen and oxygen atoms in total. The summed E-state index contributed by atoms with van der Waals surface area (Å²) in [6.45, 7) is 6.66. The zero-order valence-electron chi connectivity index (χ0n) is 28.8. The number of fused-ring (bicyclic) bond motifs is 2. The standard InChI is InChI=1S/C33H36ClN7O10S2/c1-4-39-11-15(25(44)17-9-19(42)20(43)10-18(17)39)12-41(7-5-6-8-41)13-16-14-52-29-23(28(46)40(29)24(16)30(47)48)36-27(45)22(21-26(34)53-32(35)37-21)38-51-33(2,3)31(49)50/h9-11,23,29H,4-8,12-14H2,1-3H3,(H6-,35,36,37,38,42,43,44,45,47,48,49,50)/p+1/t23-,29?/m1/s1. The third-order valence-electron chi connectivity index (χ3n) is 9.60. The van der Waals surface area contributed by atoms with Gasteiger partial charge in [-0.1, -0.05) is 28.1 Å². The summed E-state index contributed by atoms with van der Waals surface area (Å²) < 4.78 is 2.16. The highest BCUT2D eigenvalue weighted by Crippen LogP contribution is 2.42. The average molecular weight is 791 g/mol. The first kappa shape index (κ1) is 37.9. The van der Waals surface area contributed by atoms with Crippen molar-refractivity contribution in [3.05, 3.63) is 55.4 Å². The van der Waals surface area contributed by atoms with Crippen LogP contribution >= 0.6 is 34.7 Å². The van der Waals surface area contributed by atoms with Crippen LogP contribution in [0.15, 0.2) is 39.5 Å². The molecule has 5 heterocycles. The SMILES string of the molecule is CCn1cc(C[N+]2(CC3=C(C(=O)O)N4C(=O)[C@@H](NC(=O)/C(=N\OC(C)(C)C(=O)O)c5nc(N)sc5Cl)C4SC3)CCCC2)c(=O)c2cc(O)c(O)cc21. The first-order valence-corrected chi connectivity index (χ1v) is 18.8. The maximum absolute atomic E-state index is 13.7. The largest absolute Gasteiger partial charge is 0.504 e. The average Bonchev–Trinajstić information content (AvgIpc) is 3.70. The molecule has 0 radical (unpaired) electrons. The number of phenols is 2. The van der Waals surface area contributed by atoms with E-state index in [2.05, 4.69) is 15.5 Å². The Labute approximate surface area is 314 Å². The Morgan fingerprint density at radius 2 is 1.83 bits per heavy atom. The van der Waals surface area contributed by atoms with E-state index in [0.29, 0.717) is 40.8 Å². The molecule has 2 aromatic heterocycles. The van der Waals surface area contributed by atoms with E-state index in [9.17, 15) is 44.4 Å². The number of aliphatic carboxylic acids is 2. The van der Waals surface area contributed by atoms with Crippen molar-refractivity contribution < 1.29 is 48.9 Å². The molecular weight excluding hydrogens is 754 g/mol. The number of nitrogens with two attached hydrogens (primary N) is 1. The van der Waals surface area contributed by atoms with Gasteiger partial charge in [0, 0.05) is 43.0 Å². The zero-order valence-corrected chi connectivity index (χ0v) is 31.2. The van der Waals surface area contributed by atoms with Crippen LogP contribution in [0.25, 0.3) is 10.9 Å². The van der Waals surface area contributed by atoms with Crippen LogP contribution in [0.1, 0.15) is 44.9 Å². The Balaban J connectivity index is 1.27. The van der Waals surface area contributed by atoms with Crippen molar-refractivity contribution in [1.82, 2.24) is 19.8 Å². The van der Waals surface area contributed by atoms with Gasteiger partial charge in [0.2, 0.25) is 5.60 Å². The molecule has 3 aliphatic heterocycles. The third kappa shape index (κ3) is 7.00. The number of aryl methyl sites for hydroxylation is 1. The number of nitrogen functional groups attached to an aromatic ring is 1. The van der Waals surface area contributed by atoms with E-state index >= 15 is 0 Å². The lowest BCUT2D eigenvalue weighted by molar-refractivity contribution is -0.925. The molecule has 2 amide bonds.